The minimum atomic E-state index is -0.689. The maximum Gasteiger partial charge on any atom is 0.338 e. The minimum absolute atomic E-state index is 0.0556. The van der Waals surface area contributed by atoms with Gasteiger partial charge in [-0.1, -0.05) is 24.3 Å². The molecule has 0 spiro atoms. The van der Waals surface area contributed by atoms with Gasteiger partial charge in [-0.05, 0) is 37.6 Å². The number of hydrogen-bond acceptors (Lipinski definition) is 6. The van der Waals surface area contributed by atoms with Crippen molar-refractivity contribution >= 4 is 12.0 Å². The van der Waals surface area contributed by atoms with Gasteiger partial charge in [0, 0.05) is 11.3 Å². The van der Waals surface area contributed by atoms with Crippen molar-refractivity contribution in [3.05, 3.63) is 64.9 Å². The van der Waals surface area contributed by atoms with Gasteiger partial charge in [0.15, 0.2) is 11.5 Å². The Balaban J connectivity index is 1.57. The lowest BCUT2D eigenvalue weighted by molar-refractivity contribution is -0.140. The Bertz CT molecular complexity index is 1020. The van der Waals surface area contributed by atoms with Gasteiger partial charge in [0.05, 0.1) is 18.2 Å². The van der Waals surface area contributed by atoms with Crippen LogP contribution in [0.3, 0.4) is 0 Å². The van der Waals surface area contributed by atoms with Crippen LogP contribution in [0.25, 0.3) is 0 Å². The summed E-state index contributed by atoms with van der Waals surface area (Å²) in [6.07, 6.45) is 0. The largest absolute Gasteiger partial charge is 0.494 e. The minimum Gasteiger partial charge on any atom is -0.494 e. The first kappa shape index (κ1) is 19.6. The van der Waals surface area contributed by atoms with Crippen LogP contribution >= 0.6 is 0 Å². The summed E-state index contributed by atoms with van der Waals surface area (Å²) in [5.74, 6) is 1.35. The zero-order chi connectivity index (χ0) is 21.1. The number of allylic oxidation sites excluding steroid dienone is 1. The molecule has 0 unspecified atom stereocenters. The number of hydrogen-bond donors (Lipinski definition) is 2. The Labute approximate surface area is 173 Å². The molecule has 0 bridgehead atoms. The van der Waals surface area contributed by atoms with Crippen molar-refractivity contribution in [2.24, 2.45) is 0 Å². The van der Waals surface area contributed by atoms with E-state index in [-0.39, 0.29) is 13.4 Å². The average Bonchev–Trinajstić information content (AvgIpc) is 3.20. The number of carbonyl (C=O) groups is 2. The van der Waals surface area contributed by atoms with E-state index in [1.165, 1.54) is 0 Å². The van der Waals surface area contributed by atoms with Crippen LogP contribution in [0, 0.1) is 0 Å². The van der Waals surface area contributed by atoms with E-state index < -0.39 is 18.0 Å². The molecule has 2 aromatic rings. The van der Waals surface area contributed by atoms with Crippen LogP contribution in [0.15, 0.2) is 53.7 Å². The predicted octanol–water partition coefficient (Wildman–Crippen LogP) is 3.19. The Kier molecular flexibility index (Phi) is 5.47. The summed E-state index contributed by atoms with van der Waals surface area (Å²) in [4.78, 5) is 25.1. The molecule has 4 rings (SSSR count). The highest BCUT2D eigenvalue weighted by Gasteiger charge is 2.34. The molecule has 8 heteroatoms. The maximum atomic E-state index is 13.0. The summed E-state index contributed by atoms with van der Waals surface area (Å²) < 4.78 is 21.9. The van der Waals surface area contributed by atoms with Crippen molar-refractivity contribution in [2.75, 3.05) is 13.4 Å². The van der Waals surface area contributed by atoms with Crippen molar-refractivity contribution in [3.8, 4) is 17.2 Å². The van der Waals surface area contributed by atoms with Gasteiger partial charge < -0.3 is 29.6 Å². The maximum absolute atomic E-state index is 13.0. The van der Waals surface area contributed by atoms with Gasteiger partial charge >= 0.3 is 12.0 Å². The zero-order valence-corrected chi connectivity index (χ0v) is 16.7. The van der Waals surface area contributed by atoms with Crippen LogP contribution in [0.4, 0.5) is 4.79 Å². The van der Waals surface area contributed by atoms with Crippen molar-refractivity contribution in [2.45, 2.75) is 26.5 Å². The number of amides is 2. The summed E-state index contributed by atoms with van der Waals surface area (Å²) in [6.45, 7) is 4.24. The fourth-order valence-corrected chi connectivity index (χ4v) is 3.46. The first-order valence-electron chi connectivity index (χ1n) is 9.62. The molecule has 2 amide bonds. The Morgan fingerprint density at radius 3 is 2.80 bits per heavy atom. The first-order chi connectivity index (χ1) is 14.6. The summed E-state index contributed by atoms with van der Waals surface area (Å²) >= 11 is 0. The van der Waals surface area contributed by atoms with Crippen LogP contribution in [-0.4, -0.2) is 25.4 Å². The SMILES string of the molecule is CCOc1ccccc1[C@H]1NC(=O)NC(C)=C1C(=O)OCc1ccc2c(c1)OCO2. The molecule has 0 radical (unpaired) electrons. The third kappa shape index (κ3) is 3.89. The van der Waals surface area contributed by atoms with E-state index in [0.29, 0.717) is 40.7 Å². The van der Waals surface area contributed by atoms with Gasteiger partial charge in [-0.25, -0.2) is 9.59 Å². The van der Waals surface area contributed by atoms with Gasteiger partial charge in [0.25, 0.3) is 0 Å². The fourth-order valence-electron chi connectivity index (χ4n) is 3.46. The number of carbonyl (C=O) groups excluding carboxylic acids is 2. The standard InChI is InChI=1S/C22H22N2O6/c1-3-27-16-7-5-4-6-15(16)20-19(13(2)23-22(26)24-20)21(25)28-11-14-8-9-17-18(10-14)30-12-29-17/h4-10,20H,3,11-12H2,1-2H3,(H2,23,24,26)/t20-/m1/s1. The van der Waals surface area contributed by atoms with Gasteiger partial charge in [-0.2, -0.15) is 0 Å². The Morgan fingerprint density at radius 2 is 1.97 bits per heavy atom. The third-order valence-corrected chi connectivity index (χ3v) is 4.83. The zero-order valence-electron chi connectivity index (χ0n) is 16.7. The average molecular weight is 410 g/mol. The van der Waals surface area contributed by atoms with E-state index in [1.807, 2.05) is 31.2 Å². The van der Waals surface area contributed by atoms with E-state index in [0.717, 1.165) is 5.56 Å². The van der Waals surface area contributed by atoms with E-state index in [1.54, 1.807) is 25.1 Å². The highest BCUT2D eigenvalue weighted by atomic mass is 16.7. The molecular weight excluding hydrogens is 388 g/mol. The van der Waals surface area contributed by atoms with Gasteiger partial charge in [0.1, 0.15) is 12.4 Å². The molecular formula is C22H22N2O6. The second kappa shape index (κ2) is 8.36. The van der Waals surface area contributed by atoms with Crippen molar-refractivity contribution in [3.63, 3.8) is 0 Å². The van der Waals surface area contributed by atoms with Crippen LogP contribution in [0.1, 0.15) is 31.0 Å². The molecule has 0 saturated heterocycles. The van der Waals surface area contributed by atoms with E-state index >= 15 is 0 Å². The molecule has 2 aliphatic rings. The second-order valence-electron chi connectivity index (χ2n) is 6.80. The number of esters is 1. The molecule has 0 saturated carbocycles. The number of nitrogens with one attached hydrogen (secondary N) is 2. The van der Waals surface area contributed by atoms with E-state index in [9.17, 15) is 9.59 Å². The molecule has 0 aromatic heterocycles. The number of rotatable bonds is 6. The number of para-hydroxylation sites is 1. The Morgan fingerprint density at radius 1 is 1.17 bits per heavy atom. The van der Waals surface area contributed by atoms with Crippen molar-refractivity contribution in [1.82, 2.24) is 10.6 Å². The van der Waals surface area contributed by atoms with Crippen LogP contribution in [-0.2, 0) is 16.1 Å². The molecule has 8 nitrogen and oxygen atoms in total. The summed E-state index contributed by atoms with van der Waals surface area (Å²) in [6, 6.07) is 11.6. The molecule has 0 fully saturated rings. The fraction of sp³-hybridized carbons (Fsp3) is 0.273. The van der Waals surface area contributed by atoms with Crippen LogP contribution in [0.5, 0.6) is 17.2 Å². The molecule has 156 valence electrons. The lowest BCUT2D eigenvalue weighted by Gasteiger charge is -2.29. The van der Waals surface area contributed by atoms with Crippen molar-refractivity contribution < 1.29 is 28.5 Å². The first-order valence-corrected chi connectivity index (χ1v) is 9.62. The normalized spacial score (nSPS) is 17.3. The molecule has 2 N–H and O–H groups in total. The summed E-state index contributed by atoms with van der Waals surface area (Å²) in [5, 5.41) is 5.44. The molecule has 2 heterocycles. The molecule has 1 atom stereocenters. The topological polar surface area (TPSA) is 95.1 Å². The summed E-state index contributed by atoms with van der Waals surface area (Å²) in [5.41, 5.74) is 2.21. The predicted molar refractivity (Wildman–Crippen MR) is 107 cm³/mol. The van der Waals surface area contributed by atoms with E-state index in [4.69, 9.17) is 18.9 Å². The van der Waals surface area contributed by atoms with Gasteiger partial charge in [-0.3, -0.25) is 0 Å². The quantitative estimate of drug-likeness (QED) is 0.711. The van der Waals surface area contributed by atoms with Crippen LogP contribution < -0.4 is 24.8 Å². The molecule has 2 aromatic carbocycles. The number of benzene rings is 2. The molecule has 0 aliphatic carbocycles. The van der Waals surface area contributed by atoms with Gasteiger partial charge in [-0.15, -0.1) is 0 Å². The highest BCUT2D eigenvalue weighted by molar-refractivity contribution is 5.95. The lowest BCUT2D eigenvalue weighted by atomic mass is 9.95. The lowest BCUT2D eigenvalue weighted by Crippen LogP contribution is -2.45. The molecule has 30 heavy (non-hydrogen) atoms. The van der Waals surface area contributed by atoms with Gasteiger partial charge in [0.2, 0.25) is 6.79 Å². The number of fused-ring (bicyclic) bond motifs is 1. The van der Waals surface area contributed by atoms with Crippen LogP contribution in [0.2, 0.25) is 0 Å². The van der Waals surface area contributed by atoms with Crippen molar-refractivity contribution in [1.29, 1.82) is 0 Å². The van der Waals surface area contributed by atoms with E-state index in [2.05, 4.69) is 10.6 Å². The Hall–Kier alpha value is -3.68. The third-order valence-electron chi connectivity index (χ3n) is 4.83. The highest BCUT2D eigenvalue weighted by Crippen LogP contribution is 2.35. The number of urea groups is 1. The number of ether oxygens (including phenoxy) is 4. The molecule has 2 aliphatic heterocycles. The summed E-state index contributed by atoms with van der Waals surface area (Å²) in [7, 11) is 0. The monoisotopic (exact) mass is 410 g/mol. The second-order valence-corrected chi connectivity index (χ2v) is 6.80. The smallest absolute Gasteiger partial charge is 0.338 e.